The first kappa shape index (κ1) is 24.5. The number of nitrogens with zero attached hydrogens (tertiary/aromatic N) is 2. The highest BCUT2D eigenvalue weighted by molar-refractivity contribution is 6.06. The first-order chi connectivity index (χ1) is 17.0. The van der Waals surface area contributed by atoms with E-state index in [4.69, 9.17) is 14.2 Å². The molecule has 0 bridgehead atoms. The first-order valence-electron chi connectivity index (χ1n) is 11.7. The SMILES string of the molecule is COc1ccccc1CN1CCC(N(C(=O)c2ccc(F)cc2)c2ccc(OC)c(OC)c2)CC1. The second kappa shape index (κ2) is 11.2. The van der Waals surface area contributed by atoms with Crippen molar-refractivity contribution in [1.29, 1.82) is 0 Å². The number of rotatable bonds is 8. The number of carbonyl (C=O) groups excluding carboxylic acids is 1. The van der Waals surface area contributed by atoms with Crippen molar-refractivity contribution in [3.63, 3.8) is 0 Å². The summed E-state index contributed by atoms with van der Waals surface area (Å²) in [4.78, 5) is 17.9. The summed E-state index contributed by atoms with van der Waals surface area (Å²) in [5, 5.41) is 0. The number of likely N-dealkylation sites (tertiary alicyclic amines) is 1. The molecule has 6 nitrogen and oxygen atoms in total. The Bertz CT molecular complexity index is 1140. The summed E-state index contributed by atoms with van der Waals surface area (Å²) < 4.78 is 29.9. The van der Waals surface area contributed by atoms with Crippen molar-refractivity contribution in [2.24, 2.45) is 0 Å². The number of carbonyl (C=O) groups is 1. The zero-order chi connectivity index (χ0) is 24.8. The Labute approximate surface area is 205 Å². The van der Waals surface area contributed by atoms with Gasteiger partial charge in [0.25, 0.3) is 5.91 Å². The van der Waals surface area contributed by atoms with E-state index in [1.54, 1.807) is 27.4 Å². The summed E-state index contributed by atoms with van der Waals surface area (Å²) >= 11 is 0. The van der Waals surface area contributed by atoms with Gasteiger partial charge in [0.15, 0.2) is 11.5 Å². The van der Waals surface area contributed by atoms with E-state index in [1.807, 2.05) is 35.2 Å². The molecule has 3 aromatic carbocycles. The highest BCUT2D eigenvalue weighted by Crippen LogP contribution is 2.35. The molecule has 0 N–H and O–H groups in total. The van der Waals surface area contributed by atoms with Gasteiger partial charge in [0.2, 0.25) is 0 Å². The molecule has 1 amide bonds. The van der Waals surface area contributed by atoms with Crippen LogP contribution in [0.4, 0.5) is 10.1 Å². The fourth-order valence-corrected chi connectivity index (χ4v) is 4.61. The number of amides is 1. The number of halogens is 1. The van der Waals surface area contributed by atoms with E-state index in [2.05, 4.69) is 11.0 Å². The first-order valence-corrected chi connectivity index (χ1v) is 11.7. The Kier molecular flexibility index (Phi) is 7.87. The molecular weight excluding hydrogens is 447 g/mol. The minimum Gasteiger partial charge on any atom is -0.496 e. The van der Waals surface area contributed by atoms with Crippen LogP contribution in [-0.4, -0.2) is 51.3 Å². The maximum Gasteiger partial charge on any atom is 0.258 e. The van der Waals surface area contributed by atoms with Gasteiger partial charge in [-0.2, -0.15) is 0 Å². The monoisotopic (exact) mass is 478 g/mol. The van der Waals surface area contributed by atoms with Gasteiger partial charge in [0.1, 0.15) is 11.6 Å². The minimum absolute atomic E-state index is 0.0143. The molecule has 0 spiro atoms. The van der Waals surface area contributed by atoms with Gasteiger partial charge in [-0.25, -0.2) is 4.39 Å². The molecule has 1 saturated heterocycles. The van der Waals surface area contributed by atoms with Gasteiger partial charge in [-0.3, -0.25) is 9.69 Å². The number of piperidine rings is 1. The van der Waals surface area contributed by atoms with E-state index in [0.29, 0.717) is 17.1 Å². The molecule has 1 aliphatic rings. The number of para-hydroxylation sites is 1. The molecule has 0 aromatic heterocycles. The third kappa shape index (κ3) is 5.57. The molecule has 184 valence electrons. The van der Waals surface area contributed by atoms with Gasteiger partial charge in [0, 0.05) is 48.6 Å². The van der Waals surface area contributed by atoms with Crippen molar-refractivity contribution in [2.45, 2.75) is 25.4 Å². The zero-order valence-electron chi connectivity index (χ0n) is 20.4. The highest BCUT2D eigenvalue weighted by atomic mass is 19.1. The van der Waals surface area contributed by atoms with Crippen LogP contribution in [0.25, 0.3) is 0 Å². The van der Waals surface area contributed by atoms with E-state index >= 15 is 0 Å². The molecule has 1 aliphatic heterocycles. The lowest BCUT2D eigenvalue weighted by atomic mass is 10.00. The van der Waals surface area contributed by atoms with Gasteiger partial charge >= 0.3 is 0 Å². The van der Waals surface area contributed by atoms with Crippen molar-refractivity contribution in [3.05, 3.63) is 83.7 Å². The molecule has 0 unspecified atom stereocenters. The Hall–Kier alpha value is -3.58. The maximum atomic E-state index is 13.7. The van der Waals surface area contributed by atoms with E-state index in [-0.39, 0.29) is 17.8 Å². The largest absolute Gasteiger partial charge is 0.496 e. The average molecular weight is 479 g/mol. The topological polar surface area (TPSA) is 51.2 Å². The summed E-state index contributed by atoms with van der Waals surface area (Å²) in [5.41, 5.74) is 2.31. The predicted molar refractivity (Wildman–Crippen MR) is 134 cm³/mol. The lowest BCUT2D eigenvalue weighted by Gasteiger charge is -2.39. The van der Waals surface area contributed by atoms with Crippen LogP contribution in [0.2, 0.25) is 0 Å². The zero-order valence-corrected chi connectivity index (χ0v) is 20.4. The average Bonchev–Trinajstić information content (AvgIpc) is 2.90. The number of anilines is 1. The van der Waals surface area contributed by atoms with E-state index in [9.17, 15) is 9.18 Å². The van der Waals surface area contributed by atoms with Crippen molar-refractivity contribution >= 4 is 11.6 Å². The van der Waals surface area contributed by atoms with Gasteiger partial charge in [0.05, 0.1) is 21.3 Å². The Morgan fingerprint density at radius 3 is 2.20 bits per heavy atom. The molecule has 0 aliphatic carbocycles. The normalized spacial score (nSPS) is 14.4. The van der Waals surface area contributed by atoms with Gasteiger partial charge in [-0.05, 0) is 55.3 Å². The third-order valence-corrected chi connectivity index (χ3v) is 6.46. The second-order valence-electron chi connectivity index (χ2n) is 8.54. The van der Waals surface area contributed by atoms with Crippen LogP contribution in [0.3, 0.4) is 0 Å². The van der Waals surface area contributed by atoms with E-state index in [1.165, 1.54) is 24.3 Å². The second-order valence-corrected chi connectivity index (χ2v) is 8.54. The number of methoxy groups -OCH3 is 3. The summed E-state index contributed by atoms with van der Waals surface area (Å²) in [6.45, 7) is 2.46. The summed E-state index contributed by atoms with van der Waals surface area (Å²) in [5.74, 6) is 1.49. The van der Waals surface area contributed by atoms with Crippen molar-refractivity contribution in [2.75, 3.05) is 39.3 Å². The number of hydrogen-bond acceptors (Lipinski definition) is 5. The quantitative estimate of drug-likeness (QED) is 0.448. The fourth-order valence-electron chi connectivity index (χ4n) is 4.61. The molecule has 1 fully saturated rings. The van der Waals surface area contributed by atoms with Gasteiger partial charge < -0.3 is 19.1 Å². The van der Waals surface area contributed by atoms with E-state index < -0.39 is 0 Å². The van der Waals surface area contributed by atoms with Gasteiger partial charge in [-0.1, -0.05) is 18.2 Å². The number of benzene rings is 3. The lowest BCUT2D eigenvalue weighted by molar-refractivity contribution is 0.0958. The van der Waals surface area contributed by atoms with Crippen LogP contribution in [0.1, 0.15) is 28.8 Å². The van der Waals surface area contributed by atoms with Crippen LogP contribution in [-0.2, 0) is 6.54 Å². The number of hydrogen-bond donors (Lipinski definition) is 0. The molecule has 4 rings (SSSR count). The smallest absolute Gasteiger partial charge is 0.258 e. The molecule has 1 heterocycles. The predicted octanol–water partition coefficient (Wildman–Crippen LogP) is 5.16. The Morgan fingerprint density at radius 2 is 1.54 bits per heavy atom. The Morgan fingerprint density at radius 1 is 0.886 bits per heavy atom. The summed E-state index contributed by atoms with van der Waals surface area (Å²) in [6.07, 6.45) is 1.60. The molecule has 0 saturated carbocycles. The summed E-state index contributed by atoms with van der Waals surface area (Å²) in [6, 6.07) is 19.2. The lowest BCUT2D eigenvalue weighted by Crippen LogP contribution is -2.47. The summed E-state index contributed by atoms with van der Waals surface area (Å²) in [7, 11) is 4.84. The molecule has 0 atom stereocenters. The van der Waals surface area contributed by atoms with Crippen LogP contribution in [0, 0.1) is 5.82 Å². The van der Waals surface area contributed by atoms with Crippen LogP contribution in [0.5, 0.6) is 17.2 Å². The fraction of sp³-hybridized carbons (Fsp3) is 0.321. The molecular formula is C28H31FN2O4. The Balaban J connectivity index is 1.57. The number of ether oxygens (including phenoxy) is 3. The molecule has 35 heavy (non-hydrogen) atoms. The van der Waals surface area contributed by atoms with Crippen molar-refractivity contribution in [1.82, 2.24) is 4.90 Å². The third-order valence-electron chi connectivity index (χ3n) is 6.46. The van der Waals surface area contributed by atoms with Crippen molar-refractivity contribution in [3.8, 4) is 17.2 Å². The van der Waals surface area contributed by atoms with Gasteiger partial charge in [-0.15, -0.1) is 0 Å². The van der Waals surface area contributed by atoms with Crippen LogP contribution in [0.15, 0.2) is 66.7 Å². The highest BCUT2D eigenvalue weighted by Gasteiger charge is 2.31. The molecule has 0 radical (unpaired) electrons. The maximum absolute atomic E-state index is 13.7. The van der Waals surface area contributed by atoms with Crippen molar-refractivity contribution < 1.29 is 23.4 Å². The minimum atomic E-state index is -0.371. The van der Waals surface area contributed by atoms with Crippen LogP contribution < -0.4 is 19.1 Å². The molecule has 7 heteroatoms. The molecule has 3 aromatic rings. The van der Waals surface area contributed by atoms with Crippen LogP contribution >= 0.6 is 0 Å². The standard InChI is InChI=1S/C28H31FN2O4/c1-33-25-7-5-4-6-21(25)19-30-16-14-23(15-17-30)31(28(32)20-8-10-22(29)11-9-20)24-12-13-26(34-2)27(18-24)35-3/h4-13,18,23H,14-17,19H2,1-3H3. The van der Waals surface area contributed by atoms with E-state index in [0.717, 1.165) is 49.5 Å².